The van der Waals surface area contributed by atoms with Crippen LogP contribution in [0.15, 0.2) is 78.9 Å². The van der Waals surface area contributed by atoms with Crippen LogP contribution in [0.25, 0.3) is 21.3 Å². The van der Waals surface area contributed by atoms with Crippen LogP contribution in [0.1, 0.15) is 10.4 Å². The van der Waals surface area contributed by atoms with Gasteiger partial charge in [0.2, 0.25) is 0 Å². The van der Waals surface area contributed by atoms with E-state index in [2.05, 4.69) is 12.1 Å². The lowest BCUT2D eigenvalue weighted by Gasteiger charge is -2.06. The van der Waals surface area contributed by atoms with Gasteiger partial charge in [-0.3, -0.25) is 10.2 Å². The molecule has 0 aliphatic rings. The maximum absolute atomic E-state index is 12.7. The molecule has 0 atom stereocenters. The summed E-state index contributed by atoms with van der Waals surface area (Å²) in [7, 11) is 0. The molecule has 0 unspecified atom stereocenters. The highest BCUT2D eigenvalue weighted by Gasteiger charge is 2.11. The van der Waals surface area contributed by atoms with Crippen molar-refractivity contribution in [2.75, 3.05) is 0 Å². The molecule has 0 saturated carbocycles. The second-order valence-electron chi connectivity index (χ2n) is 5.83. The molecule has 3 aromatic carbocycles. The molecule has 122 valence electrons. The SMILES string of the molecule is N=c1sc2ccccc2n1CC(=O)c1ccc(-c2ccccc2)cc1. The van der Waals surface area contributed by atoms with Gasteiger partial charge >= 0.3 is 0 Å². The molecule has 4 heteroatoms. The molecule has 0 fully saturated rings. The van der Waals surface area contributed by atoms with Crippen molar-refractivity contribution in [1.29, 1.82) is 5.41 Å². The predicted molar refractivity (Wildman–Crippen MR) is 102 cm³/mol. The van der Waals surface area contributed by atoms with Gasteiger partial charge in [-0.25, -0.2) is 0 Å². The van der Waals surface area contributed by atoms with E-state index < -0.39 is 0 Å². The fourth-order valence-electron chi connectivity index (χ4n) is 2.91. The first-order valence-corrected chi connectivity index (χ1v) is 8.86. The van der Waals surface area contributed by atoms with Gasteiger partial charge in [-0.05, 0) is 23.3 Å². The number of ketones is 1. The fraction of sp³-hybridized carbons (Fsp3) is 0.0476. The standard InChI is InChI=1S/C21H16N2OS/c22-21-23(18-8-4-5-9-20(18)25-21)14-19(24)17-12-10-16(11-13-17)15-6-2-1-3-7-15/h1-13,22H,14H2. The zero-order chi connectivity index (χ0) is 17.2. The molecule has 0 aliphatic carbocycles. The summed E-state index contributed by atoms with van der Waals surface area (Å²) in [6, 6.07) is 25.6. The summed E-state index contributed by atoms with van der Waals surface area (Å²) in [5.41, 5.74) is 3.83. The third-order valence-corrected chi connectivity index (χ3v) is 5.20. The number of carbonyl (C=O) groups excluding carboxylic acids is 1. The molecule has 1 heterocycles. The number of nitrogens with one attached hydrogen (secondary N) is 1. The van der Waals surface area contributed by atoms with Crippen LogP contribution in [-0.2, 0) is 6.54 Å². The number of para-hydroxylation sites is 1. The molecule has 0 radical (unpaired) electrons. The van der Waals surface area contributed by atoms with Gasteiger partial charge in [0.05, 0.1) is 16.8 Å². The summed E-state index contributed by atoms with van der Waals surface area (Å²) in [6.45, 7) is 0.188. The Balaban J connectivity index is 1.61. The molecular weight excluding hydrogens is 328 g/mol. The smallest absolute Gasteiger partial charge is 0.183 e. The maximum Gasteiger partial charge on any atom is 0.183 e. The van der Waals surface area contributed by atoms with Crippen molar-refractivity contribution in [3.05, 3.63) is 89.2 Å². The van der Waals surface area contributed by atoms with Crippen molar-refractivity contribution in [1.82, 2.24) is 4.57 Å². The van der Waals surface area contributed by atoms with E-state index in [9.17, 15) is 4.79 Å². The van der Waals surface area contributed by atoms with Gasteiger partial charge in [-0.15, -0.1) is 0 Å². The lowest BCUT2D eigenvalue weighted by atomic mass is 10.0. The van der Waals surface area contributed by atoms with Crippen LogP contribution in [0.3, 0.4) is 0 Å². The number of aromatic nitrogens is 1. The average Bonchev–Trinajstić information content (AvgIpc) is 2.98. The summed E-state index contributed by atoms with van der Waals surface area (Å²) in [5.74, 6) is 0.0154. The largest absolute Gasteiger partial charge is 0.309 e. The zero-order valence-corrected chi connectivity index (χ0v) is 14.3. The topological polar surface area (TPSA) is 45.9 Å². The second-order valence-corrected chi connectivity index (χ2v) is 6.86. The molecule has 0 bridgehead atoms. The Hall–Kier alpha value is -2.98. The third-order valence-electron chi connectivity index (χ3n) is 4.22. The van der Waals surface area contributed by atoms with E-state index in [-0.39, 0.29) is 12.3 Å². The Morgan fingerprint density at radius 3 is 2.24 bits per heavy atom. The van der Waals surface area contributed by atoms with E-state index in [1.165, 1.54) is 11.3 Å². The van der Waals surface area contributed by atoms with Crippen LogP contribution in [0.5, 0.6) is 0 Å². The van der Waals surface area contributed by atoms with E-state index in [1.54, 1.807) is 4.57 Å². The Morgan fingerprint density at radius 2 is 1.48 bits per heavy atom. The first-order chi connectivity index (χ1) is 12.2. The number of Topliss-reactive ketones (excluding diaryl/α,β-unsaturated/α-hetero) is 1. The van der Waals surface area contributed by atoms with E-state index in [0.29, 0.717) is 10.4 Å². The minimum atomic E-state index is 0.0154. The van der Waals surface area contributed by atoms with E-state index in [0.717, 1.165) is 21.3 Å². The number of hydrogen-bond acceptors (Lipinski definition) is 3. The molecule has 0 saturated heterocycles. The van der Waals surface area contributed by atoms with Crippen LogP contribution in [-0.4, -0.2) is 10.4 Å². The fourth-order valence-corrected chi connectivity index (χ4v) is 3.82. The van der Waals surface area contributed by atoms with E-state index >= 15 is 0 Å². The average molecular weight is 344 g/mol. The Labute approximate surface area is 149 Å². The van der Waals surface area contributed by atoms with Crippen LogP contribution in [0.2, 0.25) is 0 Å². The first kappa shape index (κ1) is 15.5. The molecule has 0 aliphatic heterocycles. The third kappa shape index (κ3) is 3.04. The van der Waals surface area contributed by atoms with Crippen molar-refractivity contribution in [3.63, 3.8) is 0 Å². The Kier molecular flexibility index (Phi) is 4.04. The molecule has 3 nitrogen and oxygen atoms in total. The minimum Gasteiger partial charge on any atom is -0.309 e. The van der Waals surface area contributed by atoms with Crippen molar-refractivity contribution in [3.8, 4) is 11.1 Å². The molecule has 1 N–H and O–H groups in total. The van der Waals surface area contributed by atoms with Gasteiger partial charge in [0.25, 0.3) is 0 Å². The highest BCUT2D eigenvalue weighted by atomic mass is 32.1. The summed E-state index contributed by atoms with van der Waals surface area (Å²) < 4.78 is 2.80. The number of fused-ring (bicyclic) bond motifs is 1. The molecule has 4 rings (SSSR count). The minimum absolute atomic E-state index is 0.0154. The highest BCUT2D eigenvalue weighted by molar-refractivity contribution is 7.16. The molecule has 0 spiro atoms. The summed E-state index contributed by atoms with van der Waals surface area (Å²) in [6.07, 6.45) is 0. The van der Waals surface area contributed by atoms with Gasteiger partial charge in [-0.1, -0.05) is 78.1 Å². The summed E-state index contributed by atoms with van der Waals surface area (Å²) in [4.78, 5) is 13.1. The summed E-state index contributed by atoms with van der Waals surface area (Å²) in [5, 5.41) is 8.13. The number of carbonyl (C=O) groups is 1. The number of nitrogens with zero attached hydrogens (tertiary/aromatic N) is 1. The quantitative estimate of drug-likeness (QED) is 0.534. The predicted octanol–water partition coefficient (Wildman–Crippen LogP) is 4.73. The van der Waals surface area contributed by atoms with Crippen molar-refractivity contribution >= 4 is 27.3 Å². The van der Waals surface area contributed by atoms with Gasteiger partial charge in [-0.2, -0.15) is 0 Å². The van der Waals surface area contributed by atoms with Crippen LogP contribution < -0.4 is 4.80 Å². The second kappa shape index (κ2) is 6.49. The Bertz CT molecular complexity index is 1090. The molecule has 1 aromatic heterocycles. The zero-order valence-electron chi connectivity index (χ0n) is 13.5. The van der Waals surface area contributed by atoms with Crippen molar-refractivity contribution in [2.45, 2.75) is 6.54 Å². The first-order valence-electron chi connectivity index (χ1n) is 8.04. The maximum atomic E-state index is 12.7. The lowest BCUT2D eigenvalue weighted by molar-refractivity contribution is 0.0972. The number of thiazole rings is 1. The van der Waals surface area contributed by atoms with E-state index in [1.807, 2.05) is 66.7 Å². The van der Waals surface area contributed by atoms with Crippen LogP contribution >= 0.6 is 11.3 Å². The van der Waals surface area contributed by atoms with Crippen LogP contribution in [0, 0.1) is 5.41 Å². The molecular formula is C21H16N2OS. The normalized spacial score (nSPS) is 10.9. The lowest BCUT2D eigenvalue weighted by Crippen LogP contribution is -2.19. The molecule has 4 aromatic rings. The van der Waals surface area contributed by atoms with Crippen molar-refractivity contribution < 1.29 is 4.79 Å². The monoisotopic (exact) mass is 344 g/mol. The van der Waals surface area contributed by atoms with Gasteiger partial charge in [0.1, 0.15) is 0 Å². The van der Waals surface area contributed by atoms with Crippen LogP contribution in [0.4, 0.5) is 0 Å². The summed E-state index contributed by atoms with van der Waals surface area (Å²) >= 11 is 1.39. The number of rotatable bonds is 4. The van der Waals surface area contributed by atoms with Gasteiger partial charge in [0, 0.05) is 5.56 Å². The molecule has 25 heavy (non-hydrogen) atoms. The van der Waals surface area contributed by atoms with Crippen molar-refractivity contribution in [2.24, 2.45) is 0 Å². The highest BCUT2D eigenvalue weighted by Crippen LogP contribution is 2.20. The number of hydrogen-bond donors (Lipinski definition) is 1. The van der Waals surface area contributed by atoms with E-state index in [4.69, 9.17) is 5.41 Å². The van der Waals surface area contributed by atoms with Gasteiger partial charge in [0.15, 0.2) is 10.6 Å². The Morgan fingerprint density at radius 1 is 0.840 bits per heavy atom. The number of benzene rings is 3. The van der Waals surface area contributed by atoms with Gasteiger partial charge < -0.3 is 4.57 Å². The molecule has 0 amide bonds.